The molecule has 0 aliphatic carbocycles. The molecule has 0 radical (unpaired) electrons. The third-order valence-corrected chi connectivity index (χ3v) is 4.50. The Morgan fingerprint density at radius 1 is 1.14 bits per heavy atom. The second-order valence-corrected chi connectivity index (χ2v) is 6.68. The van der Waals surface area contributed by atoms with E-state index in [0.29, 0.717) is 19.3 Å². The number of hydrogen-bond donors (Lipinski definition) is 2. The molecule has 1 aromatic carbocycles. The van der Waals surface area contributed by atoms with E-state index in [1.165, 1.54) is 0 Å². The molecular formula is C15H23NO5S. The summed E-state index contributed by atoms with van der Waals surface area (Å²) in [6.07, 6.45) is 1.27. The van der Waals surface area contributed by atoms with Crippen LogP contribution in [0.4, 0.5) is 0 Å². The molecule has 2 rings (SSSR count). The van der Waals surface area contributed by atoms with Crippen LogP contribution in [0.15, 0.2) is 30.3 Å². The maximum absolute atomic E-state index is 10.9. The van der Waals surface area contributed by atoms with Gasteiger partial charge >= 0.3 is 10.3 Å². The maximum atomic E-state index is 10.9. The van der Waals surface area contributed by atoms with E-state index in [9.17, 15) is 8.42 Å². The standard InChI is InChI=1S/C15H23NO5S/c1-3-15(4-2)20-13(10-12-8-6-5-7-9-12)14(21-15)11-16-22(17,18)19/h5-9,13-14,16H,3-4,10-11H2,1-2H3,(H,17,18,19). The van der Waals surface area contributed by atoms with Crippen LogP contribution in [0, 0.1) is 0 Å². The van der Waals surface area contributed by atoms with Gasteiger partial charge in [0.2, 0.25) is 0 Å². The van der Waals surface area contributed by atoms with Gasteiger partial charge in [-0.1, -0.05) is 44.2 Å². The Balaban J connectivity index is 2.11. The van der Waals surface area contributed by atoms with Gasteiger partial charge < -0.3 is 9.47 Å². The summed E-state index contributed by atoms with van der Waals surface area (Å²) in [5.41, 5.74) is 1.09. The molecule has 0 bridgehead atoms. The molecule has 0 amide bonds. The van der Waals surface area contributed by atoms with Crippen molar-refractivity contribution in [2.45, 2.75) is 51.1 Å². The van der Waals surface area contributed by atoms with E-state index in [1.54, 1.807) is 0 Å². The topological polar surface area (TPSA) is 84.9 Å². The minimum absolute atomic E-state index is 0.0158. The van der Waals surface area contributed by atoms with Crippen molar-refractivity contribution in [1.82, 2.24) is 4.72 Å². The molecule has 1 saturated heterocycles. The predicted octanol–water partition coefficient (Wildman–Crippen LogP) is 1.92. The SMILES string of the molecule is CCC1(CC)OC(CNS(=O)(=O)O)C(Cc2ccccc2)O1. The van der Waals surface area contributed by atoms with Crippen molar-refractivity contribution in [1.29, 1.82) is 0 Å². The van der Waals surface area contributed by atoms with Gasteiger partial charge in [0.15, 0.2) is 5.79 Å². The summed E-state index contributed by atoms with van der Waals surface area (Å²) in [5.74, 6) is -0.689. The van der Waals surface area contributed by atoms with Crippen LogP contribution in [0.5, 0.6) is 0 Å². The van der Waals surface area contributed by atoms with E-state index in [4.69, 9.17) is 14.0 Å². The molecule has 0 aromatic heterocycles. The fourth-order valence-corrected chi connectivity index (χ4v) is 3.07. The molecule has 0 saturated carbocycles. The summed E-state index contributed by atoms with van der Waals surface area (Å²) in [4.78, 5) is 0. The molecule has 1 aliphatic heterocycles. The van der Waals surface area contributed by atoms with E-state index < -0.39 is 22.2 Å². The minimum atomic E-state index is -4.24. The lowest BCUT2D eigenvalue weighted by Crippen LogP contribution is -2.38. The lowest BCUT2D eigenvalue weighted by molar-refractivity contribution is -0.178. The number of hydrogen-bond acceptors (Lipinski definition) is 4. The van der Waals surface area contributed by atoms with Crippen LogP contribution in [-0.2, 0) is 26.2 Å². The summed E-state index contributed by atoms with van der Waals surface area (Å²) >= 11 is 0. The first-order valence-corrected chi connectivity index (χ1v) is 8.93. The zero-order valence-electron chi connectivity index (χ0n) is 12.9. The summed E-state index contributed by atoms with van der Waals surface area (Å²) in [7, 11) is -4.24. The first-order valence-electron chi connectivity index (χ1n) is 7.49. The van der Waals surface area contributed by atoms with Gasteiger partial charge in [-0.05, 0) is 18.4 Å². The van der Waals surface area contributed by atoms with Crippen LogP contribution < -0.4 is 4.72 Å². The number of ether oxygens (including phenoxy) is 2. The molecule has 1 aliphatic rings. The fourth-order valence-electron chi connectivity index (χ4n) is 2.69. The van der Waals surface area contributed by atoms with Crippen molar-refractivity contribution < 1.29 is 22.4 Å². The first kappa shape index (κ1) is 17.4. The van der Waals surface area contributed by atoms with Gasteiger partial charge in [0.25, 0.3) is 0 Å². The normalized spacial score (nSPS) is 24.5. The first-order chi connectivity index (χ1) is 10.4. The lowest BCUT2D eigenvalue weighted by Gasteiger charge is -2.25. The highest BCUT2D eigenvalue weighted by Gasteiger charge is 2.45. The molecule has 1 fully saturated rings. The molecular weight excluding hydrogens is 306 g/mol. The highest BCUT2D eigenvalue weighted by atomic mass is 32.2. The highest BCUT2D eigenvalue weighted by Crippen LogP contribution is 2.35. The summed E-state index contributed by atoms with van der Waals surface area (Å²) in [6.45, 7) is 3.93. The third-order valence-electron chi connectivity index (χ3n) is 3.97. The summed E-state index contributed by atoms with van der Waals surface area (Å²) in [6, 6.07) is 9.82. The number of benzene rings is 1. The zero-order valence-corrected chi connectivity index (χ0v) is 13.7. The molecule has 1 heterocycles. The van der Waals surface area contributed by atoms with Crippen molar-refractivity contribution in [3.63, 3.8) is 0 Å². The second-order valence-electron chi connectivity index (χ2n) is 5.44. The largest absolute Gasteiger partial charge is 0.344 e. The number of rotatable bonds is 7. The Bertz CT molecular complexity index is 571. The monoisotopic (exact) mass is 329 g/mol. The Morgan fingerprint density at radius 3 is 2.27 bits per heavy atom. The highest BCUT2D eigenvalue weighted by molar-refractivity contribution is 7.83. The predicted molar refractivity (Wildman–Crippen MR) is 82.8 cm³/mol. The van der Waals surface area contributed by atoms with Gasteiger partial charge in [-0.2, -0.15) is 13.1 Å². The van der Waals surface area contributed by atoms with Gasteiger partial charge in [-0.25, -0.2) is 0 Å². The van der Waals surface area contributed by atoms with Gasteiger partial charge in [-0.3, -0.25) is 4.55 Å². The molecule has 2 N–H and O–H groups in total. The number of nitrogens with one attached hydrogen (secondary N) is 1. The van der Waals surface area contributed by atoms with Gasteiger partial charge in [0.05, 0.1) is 6.10 Å². The van der Waals surface area contributed by atoms with Crippen molar-refractivity contribution in [2.24, 2.45) is 0 Å². The molecule has 2 unspecified atom stereocenters. The Labute approximate surface area is 131 Å². The molecule has 22 heavy (non-hydrogen) atoms. The van der Waals surface area contributed by atoms with Crippen molar-refractivity contribution in [3.8, 4) is 0 Å². The molecule has 2 atom stereocenters. The zero-order chi connectivity index (χ0) is 16.2. The molecule has 124 valence electrons. The van der Waals surface area contributed by atoms with Crippen molar-refractivity contribution in [3.05, 3.63) is 35.9 Å². The van der Waals surface area contributed by atoms with Crippen LogP contribution >= 0.6 is 0 Å². The molecule has 1 aromatic rings. The van der Waals surface area contributed by atoms with Gasteiger partial charge in [-0.15, -0.1) is 0 Å². The van der Waals surface area contributed by atoms with E-state index >= 15 is 0 Å². The van der Waals surface area contributed by atoms with E-state index in [0.717, 1.165) is 5.56 Å². The second kappa shape index (κ2) is 7.06. The Hall–Kier alpha value is -0.990. The molecule has 7 heteroatoms. The van der Waals surface area contributed by atoms with E-state index in [1.807, 2.05) is 44.2 Å². The maximum Gasteiger partial charge on any atom is 0.333 e. The van der Waals surface area contributed by atoms with Crippen LogP contribution in [0.2, 0.25) is 0 Å². The van der Waals surface area contributed by atoms with Crippen LogP contribution in [0.1, 0.15) is 32.3 Å². The van der Waals surface area contributed by atoms with Crippen LogP contribution in [-0.4, -0.2) is 37.5 Å². The van der Waals surface area contributed by atoms with Crippen molar-refractivity contribution >= 4 is 10.3 Å². The van der Waals surface area contributed by atoms with E-state index in [-0.39, 0.29) is 12.6 Å². The van der Waals surface area contributed by atoms with Gasteiger partial charge in [0, 0.05) is 13.0 Å². The Morgan fingerprint density at radius 2 is 1.73 bits per heavy atom. The van der Waals surface area contributed by atoms with E-state index in [2.05, 4.69) is 4.72 Å². The summed E-state index contributed by atoms with van der Waals surface area (Å²) in [5, 5.41) is 0. The lowest BCUT2D eigenvalue weighted by atomic mass is 10.0. The average Bonchev–Trinajstić information content (AvgIpc) is 2.84. The Kier molecular flexibility index (Phi) is 5.57. The van der Waals surface area contributed by atoms with Crippen LogP contribution in [0.25, 0.3) is 0 Å². The smallest absolute Gasteiger partial charge is 0.333 e. The minimum Gasteiger partial charge on any atom is -0.344 e. The fraction of sp³-hybridized carbons (Fsp3) is 0.600. The van der Waals surface area contributed by atoms with Gasteiger partial charge in [0.1, 0.15) is 6.10 Å². The average molecular weight is 329 g/mol. The third kappa shape index (κ3) is 4.50. The molecule has 0 spiro atoms. The molecule has 6 nitrogen and oxygen atoms in total. The van der Waals surface area contributed by atoms with Crippen LogP contribution in [0.3, 0.4) is 0 Å². The quantitative estimate of drug-likeness (QED) is 0.747. The van der Waals surface area contributed by atoms with Crippen molar-refractivity contribution in [2.75, 3.05) is 6.54 Å². The summed E-state index contributed by atoms with van der Waals surface area (Å²) < 4.78 is 44.8.